The van der Waals surface area contributed by atoms with Crippen LogP contribution in [-0.4, -0.2) is 99.6 Å². The summed E-state index contributed by atoms with van der Waals surface area (Å²) in [5, 5.41) is 57.1. The number of carbonyl (C=O) groups excluding carboxylic acids is 2. The first-order chi connectivity index (χ1) is 40.7. The van der Waals surface area contributed by atoms with Gasteiger partial charge in [0.25, 0.3) is 0 Å². The Bertz CT molecular complexity index is 1770. The summed E-state index contributed by atoms with van der Waals surface area (Å²) in [5.41, 5.74) is 0. The second kappa shape index (κ2) is 58.7. The summed E-state index contributed by atoms with van der Waals surface area (Å²) in [5.74, 6) is -1.22. The van der Waals surface area contributed by atoms with Crippen LogP contribution >= 0.6 is 0 Å². The molecule has 1 amide bonds. The zero-order valence-corrected chi connectivity index (χ0v) is 52.8. The molecule has 0 spiro atoms. The van der Waals surface area contributed by atoms with E-state index in [1.165, 1.54) is 96.3 Å². The first-order valence-corrected chi connectivity index (χ1v) is 33.7. The van der Waals surface area contributed by atoms with Crippen LogP contribution in [0.4, 0.5) is 0 Å². The Morgan fingerprint density at radius 2 is 0.867 bits per heavy atom. The zero-order chi connectivity index (χ0) is 60.3. The third-order valence-corrected chi connectivity index (χ3v) is 15.2. The van der Waals surface area contributed by atoms with E-state index in [2.05, 4.69) is 123 Å². The summed E-state index contributed by atoms with van der Waals surface area (Å²) in [6, 6.07) is -1.04. The Morgan fingerprint density at radius 1 is 0.482 bits per heavy atom. The Labute approximate surface area is 507 Å². The van der Waals surface area contributed by atoms with Crippen molar-refractivity contribution < 1.29 is 49.3 Å². The number of allylic oxidation sites excluding steroid dienone is 17. The topological polar surface area (TPSA) is 175 Å². The maximum Gasteiger partial charge on any atom is 0.306 e. The minimum Gasteiger partial charge on any atom is -0.454 e. The fourth-order valence-corrected chi connectivity index (χ4v) is 9.86. The van der Waals surface area contributed by atoms with E-state index in [1.54, 1.807) is 6.08 Å². The molecule has 1 heterocycles. The maximum atomic E-state index is 13.4. The lowest BCUT2D eigenvalue weighted by atomic mass is 9.99. The molecular formula is C72H123NO10. The number of ether oxygens (including phenoxy) is 3. The number of hydrogen-bond acceptors (Lipinski definition) is 10. The smallest absolute Gasteiger partial charge is 0.306 e. The zero-order valence-electron chi connectivity index (χ0n) is 52.8. The molecule has 6 N–H and O–H groups in total. The van der Waals surface area contributed by atoms with Crippen molar-refractivity contribution in [2.24, 2.45) is 0 Å². The maximum absolute atomic E-state index is 13.4. The molecule has 0 aliphatic carbocycles. The van der Waals surface area contributed by atoms with Gasteiger partial charge in [0.2, 0.25) is 5.91 Å². The third-order valence-electron chi connectivity index (χ3n) is 15.2. The average Bonchev–Trinajstić information content (AvgIpc) is 3.61. The number of hydrogen-bond donors (Lipinski definition) is 6. The molecule has 0 aromatic heterocycles. The molecule has 83 heavy (non-hydrogen) atoms. The Balaban J connectivity index is 2.62. The number of esters is 1. The molecule has 8 atom stereocenters. The number of aliphatic hydroxyl groups is 5. The van der Waals surface area contributed by atoms with E-state index in [0.717, 1.165) is 128 Å². The highest BCUT2D eigenvalue weighted by Gasteiger charge is 2.47. The molecule has 0 aromatic carbocycles. The van der Waals surface area contributed by atoms with Gasteiger partial charge in [-0.3, -0.25) is 9.59 Å². The van der Waals surface area contributed by atoms with Crippen LogP contribution in [0.3, 0.4) is 0 Å². The van der Waals surface area contributed by atoms with Crippen LogP contribution < -0.4 is 5.32 Å². The summed E-state index contributed by atoms with van der Waals surface area (Å²) in [7, 11) is 0. The standard InChI is InChI=1S/C72H123NO10/c1-4-7-10-13-16-19-22-24-26-28-30-32-33-34-36-38-40-42-45-48-51-54-57-60-67(77)83-70-69(79)68(78)66(61-74)82-72(70)81-62-63(64(75)58-55-52-49-46-43-21-18-15-12-9-6-3)73-71(80)65(76)59-56-53-50-47-44-41-39-37-35-31-29-27-25-23-20-17-14-11-8-5-2/h8,11,16-17,19-20,24-27,30-32,35,39,41,55,58,63-66,68-70,72,74-76,78-79H,4-7,9-10,12-15,18,21-23,28-29,33-34,36-38,40,42-54,56-57,59-62H2,1-3H3,(H,73,80)/b11-8-,19-16-,20-17-,26-24-,27-25-,32-30-,35-31-,41-39-,58-55+. The third kappa shape index (κ3) is 46.2. The average molecular weight is 1160 g/mol. The Kier molecular flexibility index (Phi) is 54.7. The molecule has 0 bridgehead atoms. The lowest BCUT2D eigenvalue weighted by Crippen LogP contribution is -2.61. The molecule has 0 saturated carbocycles. The second-order valence-corrected chi connectivity index (χ2v) is 22.8. The molecule has 11 nitrogen and oxygen atoms in total. The van der Waals surface area contributed by atoms with E-state index < -0.39 is 67.4 Å². The lowest BCUT2D eigenvalue weighted by Gasteiger charge is -2.41. The van der Waals surface area contributed by atoms with Gasteiger partial charge in [-0.1, -0.05) is 265 Å². The fourth-order valence-electron chi connectivity index (χ4n) is 9.86. The molecule has 0 aromatic rings. The molecule has 8 unspecified atom stereocenters. The molecular weight excluding hydrogens is 1040 g/mol. The van der Waals surface area contributed by atoms with Crippen LogP contribution in [0.15, 0.2) is 109 Å². The van der Waals surface area contributed by atoms with Crippen LogP contribution in [0.5, 0.6) is 0 Å². The van der Waals surface area contributed by atoms with Gasteiger partial charge in [0.1, 0.15) is 24.4 Å². The molecule has 1 saturated heterocycles. The summed E-state index contributed by atoms with van der Waals surface area (Å²) in [6.07, 6.45) is 69.8. The van der Waals surface area contributed by atoms with E-state index in [9.17, 15) is 35.1 Å². The molecule has 1 aliphatic rings. The van der Waals surface area contributed by atoms with Crippen molar-refractivity contribution in [2.45, 2.75) is 320 Å². The highest BCUT2D eigenvalue weighted by atomic mass is 16.7. The first kappa shape index (κ1) is 77.3. The van der Waals surface area contributed by atoms with Gasteiger partial charge in [-0.05, 0) is 109 Å². The molecule has 476 valence electrons. The molecule has 0 radical (unpaired) electrons. The lowest BCUT2D eigenvalue weighted by molar-refractivity contribution is -0.305. The number of carbonyl (C=O) groups is 2. The van der Waals surface area contributed by atoms with Gasteiger partial charge < -0.3 is 45.1 Å². The van der Waals surface area contributed by atoms with E-state index in [0.29, 0.717) is 12.8 Å². The highest BCUT2D eigenvalue weighted by Crippen LogP contribution is 2.26. The summed E-state index contributed by atoms with van der Waals surface area (Å²) in [4.78, 5) is 26.6. The monoisotopic (exact) mass is 1160 g/mol. The van der Waals surface area contributed by atoms with E-state index in [4.69, 9.17) is 14.2 Å². The van der Waals surface area contributed by atoms with Crippen molar-refractivity contribution in [1.29, 1.82) is 0 Å². The van der Waals surface area contributed by atoms with Crippen molar-refractivity contribution in [3.05, 3.63) is 109 Å². The normalized spacial score (nSPS) is 19.3. The predicted octanol–water partition coefficient (Wildman–Crippen LogP) is 16.8. The van der Waals surface area contributed by atoms with Gasteiger partial charge in [0.15, 0.2) is 12.4 Å². The molecule has 1 fully saturated rings. The summed E-state index contributed by atoms with van der Waals surface area (Å²) < 4.78 is 17.6. The molecule has 11 heteroatoms. The van der Waals surface area contributed by atoms with Gasteiger partial charge in [0, 0.05) is 6.42 Å². The van der Waals surface area contributed by atoms with E-state index in [1.807, 2.05) is 6.08 Å². The largest absolute Gasteiger partial charge is 0.454 e. The van der Waals surface area contributed by atoms with Gasteiger partial charge in [-0.25, -0.2) is 0 Å². The number of nitrogens with one attached hydrogen (secondary N) is 1. The summed E-state index contributed by atoms with van der Waals surface area (Å²) in [6.45, 7) is 5.63. The van der Waals surface area contributed by atoms with Crippen molar-refractivity contribution in [2.75, 3.05) is 13.2 Å². The van der Waals surface area contributed by atoms with Crippen LogP contribution in [0.1, 0.15) is 271 Å². The van der Waals surface area contributed by atoms with Crippen LogP contribution in [0.2, 0.25) is 0 Å². The van der Waals surface area contributed by atoms with E-state index in [-0.39, 0.29) is 19.4 Å². The second-order valence-electron chi connectivity index (χ2n) is 22.8. The van der Waals surface area contributed by atoms with Gasteiger partial charge in [0.05, 0.1) is 25.4 Å². The van der Waals surface area contributed by atoms with Gasteiger partial charge >= 0.3 is 5.97 Å². The fraction of sp³-hybridized carbons (Fsp3) is 0.722. The van der Waals surface area contributed by atoms with Crippen molar-refractivity contribution >= 4 is 11.9 Å². The Hall–Kier alpha value is -3.68. The van der Waals surface area contributed by atoms with Crippen LogP contribution in [0, 0.1) is 0 Å². The van der Waals surface area contributed by atoms with E-state index >= 15 is 0 Å². The first-order valence-electron chi connectivity index (χ1n) is 33.7. The molecule has 1 aliphatic heterocycles. The minimum absolute atomic E-state index is 0.111. The van der Waals surface area contributed by atoms with Crippen LogP contribution in [0.25, 0.3) is 0 Å². The number of unbranched alkanes of at least 4 members (excludes halogenated alkanes) is 26. The predicted molar refractivity (Wildman–Crippen MR) is 347 cm³/mol. The van der Waals surface area contributed by atoms with Crippen molar-refractivity contribution in [3.8, 4) is 0 Å². The van der Waals surface area contributed by atoms with Crippen molar-refractivity contribution in [3.63, 3.8) is 0 Å². The number of aliphatic hydroxyl groups excluding tert-OH is 5. The minimum atomic E-state index is -1.63. The Morgan fingerprint density at radius 3 is 1.33 bits per heavy atom. The van der Waals surface area contributed by atoms with Crippen molar-refractivity contribution in [1.82, 2.24) is 5.32 Å². The SMILES string of the molecule is CC/C=C\C/C=C\C/C=C\C/C=C\C/C=C\CCCCCCC(O)C(=O)NC(COC1OC(CO)C(O)C(O)C1OC(=O)CCCCCCCCCCCC/C=C\C/C=C\C/C=C\CCCCC)C(O)/C=C/CCCCCCCCCCC. The molecule has 1 rings (SSSR count). The quantitative estimate of drug-likeness (QED) is 0.0195. The highest BCUT2D eigenvalue weighted by molar-refractivity contribution is 5.80. The van der Waals surface area contributed by atoms with Gasteiger partial charge in [-0.2, -0.15) is 0 Å². The van der Waals surface area contributed by atoms with Crippen LogP contribution in [-0.2, 0) is 23.8 Å². The number of amides is 1. The van der Waals surface area contributed by atoms with Gasteiger partial charge in [-0.15, -0.1) is 0 Å². The number of rotatable bonds is 56. The summed E-state index contributed by atoms with van der Waals surface area (Å²) >= 11 is 0.